The maximum Gasteiger partial charge on any atom is 0.322 e. The van der Waals surface area contributed by atoms with E-state index in [0.717, 1.165) is 38.7 Å². The first kappa shape index (κ1) is 23.3. The number of aryl methyl sites for hydroxylation is 3. The smallest absolute Gasteiger partial charge is 0.322 e. The number of rotatable bonds is 7. The number of nitrogens with zero attached hydrogens (tertiary/aromatic N) is 2. The van der Waals surface area contributed by atoms with Gasteiger partial charge in [-0.05, 0) is 61.7 Å². The molecule has 1 heterocycles. The number of thioether (sulfide) groups is 1. The van der Waals surface area contributed by atoms with Crippen molar-refractivity contribution in [1.29, 1.82) is 0 Å². The molecule has 0 saturated heterocycles. The number of hydrogen-bond acceptors (Lipinski definition) is 4. The second-order valence-electron chi connectivity index (χ2n) is 7.77. The quantitative estimate of drug-likeness (QED) is 0.475. The third kappa shape index (κ3) is 6.59. The maximum atomic E-state index is 12.6. The standard InChI is InChI=1S/C25H28N4O2S/c1-17-12-18(2)24(19(3)13-17)28-22(30)15-29(4)25(31)27-21-9-7-8-20(14-21)16-32-23-10-5-6-11-26-23/h5-14H,15-16H2,1-4H3,(H,27,31)(H,28,30). The second-order valence-corrected chi connectivity index (χ2v) is 8.76. The van der Waals surface area contributed by atoms with E-state index in [1.807, 2.05) is 75.4 Å². The summed E-state index contributed by atoms with van der Waals surface area (Å²) < 4.78 is 0. The molecule has 0 spiro atoms. The molecule has 166 valence electrons. The lowest BCUT2D eigenvalue weighted by molar-refractivity contribution is -0.116. The average Bonchev–Trinajstić information content (AvgIpc) is 2.75. The summed E-state index contributed by atoms with van der Waals surface area (Å²) in [4.78, 5) is 30.8. The van der Waals surface area contributed by atoms with E-state index >= 15 is 0 Å². The number of nitrogens with one attached hydrogen (secondary N) is 2. The van der Waals surface area contributed by atoms with Crippen molar-refractivity contribution in [2.45, 2.75) is 31.6 Å². The number of benzene rings is 2. The van der Waals surface area contributed by atoms with E-state index in [-0.39, 0.29) is 18.5 Å². The number of carbonyl (C=O) groups is 2. The van der Waals surface area contributed by atoms with Gasteiger partial charge in [0.1, 0.15) is 6.54 Å². The van der Waals surface area contributed by atoms with Crippen LogP contribution in [-0.4, -0.2) is 35.4 Å². The van der Waals surface area contributed by atoms with Crippen LogP contribution in [-0.2, 0) is 10.5 Å². The number of pyridine rings is 1. The molecule has 0 unspecified atom stereocenters. The SMILES string of the molecule is Cc1cc(C)c(NC(=O)CN(C)C(=O)Nc2cccc(CSc3ccccn3)c2)c(C)c1. The topological polar surface area (TPSA) is 74.3 Å². The summed E-state index contributed by atoms with van der Waals surface area (Å²) in [7, 11) is 1.60. The van der Waals surface area contributed by atoms with Crippen LogP contribution in [0.1, 0.15) is 22.3 Å². The van der Waals surface area contributed by atoms with Gasteiger partial charge in [-0.15, -0.1) is 11.8 Å². The zero-order chi connectivity index (χ0) is 23.1. The Morgan fingerprint density at radius 2 is 1.72 bits per heavy atom. The molecule has 1 aromatic heterocycles. The molecule has 0 atom stereocenters. The molecule has 0 aliphatic carbocycles. The molecule has 3 rings (SSSR count). The normalized spacial score (nSPS) is 10.5. The van der Waals surface area contributed by atoms with Crippen molar-refractivity contribution in [2.24, 2.45) is 0 Å². The third-order valence-corrected chi connectivity index (χ3v) is 5.89. The van der Waals surface area contributed by atoms with Gasteiger partial charge >= 0.3 is 6.03 Å². The predicted octanol–water partition coefficient (Wildman–Crippen LogP) is 5.40. The first-order valence-electron chi connectivity index (χ1n) is 10.3. The van der Waals surface area contributed by atoms with Gasteiger partial charge in [0, 0.05) is 30.4 Å². The van der Waals surface area contributed by atoms with Crippen LogP contribution >= 0.6 is 11.8 Å². The van der Waals surface area contributed by atoms with Crippen molar-refractivity contribution in [1.82, 2.24) is 9.88 Å². The van der Waals surface area contributed by atoms with Crippen LogP contribution in [0.4, 0.5) is 16.2 Å². The predicted molar refractivity (Wildman–Crippen MR) is 131 cm³/mol. The minimum absolute atomic E-state index is 0.0478. The fourth-order valence-electron chi connectivity index (χ4n) is 3.39. The van der Waals surface area contributed by atoms with Crippen molar-refractivity contribution >= 4 is 35.1 Å². The van der Waals surface area contributed by atoms with Crippen molar-refractivity contribution in [3.05, 3.63) is 83.0 Å². The molecule has 0 fully saturated rings. The number of likely N-dealkylation sites (N-methyl/N-ethyl adjacent to an activating group) is 1. The number of urea groups is 1. The first-order chi connectivity index (χ1) is 15.3. The number of aromatic nitrogens is 1. The van der Waals surface area contributed by atoms with Gasteiger partial charge in [0.05, 0.1) is 5.03 Å². The number of carbonyl (C=O) groups excluding carboxylic acids is 2. The fraction of sp³-hybridized carbons (Fsp3) is 0.240. The molecule has 3 amide bonds. The van der Waals surface area contributed by atoms with E-state index in [0.29, 0.717) is 5.69 Å². The summed E-state index contributed by atoms with van der Waals surface area (Å²) in [6.45, 7) is 5.90. The van der Waals surface area contributed by atoms with E-state index in [4.69, 9.17) is 0 Å². The summed E-state index contributed by atoms with van der Waals surface area (Å²) in [5.74, 6) is 0.507. The molecule has 0 bridgehead atoms. The van der Waals surface area contributed by atoms with Crippen LogP contribution in [0.3, 0.4) is 0 Å². The van der Waals surface area contributed by atoms with E-state index in [1.165, 1.54) is 4.90 Å². The van der Waals surface area contributed by atoms with E-state index in [9.17, 15) is 9.59 Å². The Balaban J connectivity index is 1.54. The Bertz CT molecular complexity index is 1080. The highest BCUT2D eigenvalue weighted by molar-refractivity contribution is 7.98. The summed E-state index contributed by atoms with van der Waals surface area (Å²) in [5, 5.41) is 6.74. The fourth-order valence-corrected chi connectivity index (χ4v) is 4.20. The molecule has 2 N–H and O–H groups in total. The molecule has 0 aliphatic heterocycles. The maximum absolute atomic E-state index is 12.6. The minimum Gasteiger partial charge on any atom is -0.324 e. The molecular formula is C25H28N4O2S. The van der Waals surface area contributed by atoms with Crippen LogP contribution in [0.5, 0.6) is 0 Å². The van der Waals surface area contributed by atoms with Crippen LogP contribution in [0, 0.1) is 20.8 Å². The van der Waals surface area contributed by atoms with Gasteiger partial charge in [0.25, 0.3) is 0 Å². The zero-order valence-corrected chi connectivity index (χ0v) is 19.6. The van der Waals surface area contributed by atoms with Gasteiger partial charge < -0.3 is 15.5 Å². The molecule has 0 aliphatic rings. The zero-order valence-electron chi connectivity index (χ0n) is 18.8. The molecule has 2 aromatic carbocycles. The largest absolute Gasteiger partial charge is 0.324 e. The number of hydrogen-bond donors (Lipinski definition) is 2. The van der Waals surface area contributed by atoms with Crippen LogP contribution in [0.15, 0.2) is 65.8 Å². The number of anilines is 2. The first-order valence-corrected chi connectivity index (χ1v) is 11.3. The van der Waals surface area contributed by atoms with Gasteiger partial charge in [0.2, 0.25) is 5.91 Å². The van der Waals surface area contributed by atoms with E-state index in [1.54, 1.807) is 25.0 Å². The van der Waals surface area contributed by atoms with Gasteiger partial charge in [-0.2, -0.15) is 0 Å². The Kier molecular flexibility index (Phi) is 7.89. The van der Waals surface area contributed by atoms with Crippen LogP contribution in [0.2, 0.25) is 0 Å². The van der Waals surface area contributed by atoms with Crippen molar-refractivity contribution in [2.75, 3.05) is 24.2 Å². The molecule has 32 heavy (non-hydrogen) atoms. The molecule has 6 nitrogen and oxygen atoms in total. The highest BCUT2D eigenvalue weighted by Gasteiger charge is 2.15. The Hall–Kier alpha value is -3.32. The molecule has 0 radical (unpaired) electrons. The summed E-state index contributed by atoms with van der Waals surface area (Å²) in [6, 6.07) is 17.2. The van der Waals surface area contributed by atoms with Crippen molar-refractivity contribution in [3.63, 3.8) is 0 Å². The van der Waals surface area contributed by atoms with E-state index in [2.05, 4.69) is 15.6 Å². The van der Waals surface area contributed by atoms with Gasteiger partial charge in [-0.3, -0.25) is 4.79 Å². The third-order valence-electron chi connectivity index (χ3n) is 4.87. The highest BCUT2D eigenvalue weighted by atomic mass is 32.2. The molecule has 3 aromatic rings. The average molecular weight is 449 g/mol. The van der Waals surface area contributed by atoms with Gasteiger partial charge in [-0.1, -0.05) is 35.9 Å². The lowest BCUT2D eigenvalue weighted by Gasteiger charge is -2.19. The Labute approximate surface area is 193 Å². The second kappa shape index (κ2) is 10.8. The molecular weight excluding hydrogens is 420 g/mol. The lowest BCUT2D eigenvalue weighted by Crippen LogP contribution is -2.37. The van der Waals surface area contributed by atoms with Gasteiger partial charge in [-0.25, -0.2) is 9.78 Å². The summed E-state index contributed by atoms with van der Waals surface area (Å²) in [6.07, 6.45) is 1.77. The Morgan fingerprint density at radius 1 is 0.969 bits per heavy atom. The van der Waals surface area contributed by atoms with Crippen molar-refractivity contribution in [3.8, 4) is 0 Å². The monoisotopic (exact) mass is 448 g/mol. The Morgan fingerprint density at radius 3 is 2.41 bits per heavy atom. The van der Waals surface area contributed by atoms with Gasteiger partial charge in [0.15, 0.2) is 0 Å². The highest BCUT2D eigenvalue weighted by Crippen LogP contribution is 2.23. The van der Waals surface area contributed by atoms with E-state index < -0.39 is 0 Å². The summed E-state index contributed by atoms with van der Waals surface area (Å²) >= 11 is 1.63. The number of amides is 3. The molecule has 0 saturated carbocycles. The van der Waals surface area contributed by atoms with Crippen molar-refractivity contribution < 1.29 is 9.59 Å². The van der Waals surface area contributed by atoms with Crippen LogP contribution in [0.25, 0.3) is 0 Å². The summed E-state index contributed by atoms with van der Waals surface area (Å²) in [5.41, 5.74) is 5.71. The minimum atomic E-state index is -0.341. The molecule has 7 heteroatoms. The van der Waals surface area contributed by atoms with Crippen LogP contribution < -0.4 is 10.6 Å². The lowest BCUT2D eigenvalue weighted by atomic mass is 10.1.